The predicted octanol–water partition coefficient (Wildman–Crippen LogP) is 7.19. The van der Waals surface area contributed by atoms with E-state index in [-0.39, 0.29) is 0 Å². The first-order chi connectivity index (χ1) is 13.8. The van der Waals surface area contributed by atoms with Gasteiger partial charge in [-0.3, -0.25) is 0 Å². The summed E-state index contributed by atoms with van der Waals surface area (Å²) < 4.78 is 0. The second-order valence-corrected chi connectivity index (χ2v) is 7.59. The van der Waals surface area contributed by atoms with E-state index in [1.165, 1.54) is 44.2 Å². The van der Waals surface area contributed by atoms with Gasteiger partial charge in [0.05, 0.1) is 0 Å². The first-order valence-corrected chi connectivity index (χ1v) is 9.81. The number of fused-ring (bicyclic) bond motifs is 2. The van der Waals surface area contributed by atoms with Crippen LogP contribution in [0.4, 0.5) is 0 Å². The molecule has 1 aliphatic rings. The molecule has 1 aliphatic carbocycles. The molecule has 0 saturated carbocycles. The van der Waals surface area contributed by atoms with Crippen LogP contribution in [-0.4, -0.2) is 0 Å². The van der Waals surface area contributed by atoms with Crippen molar-refractivity contribution >= 4 is 28.0 Å². The van der Waals surface area contributed by atoms with Crippen LogP contribution < -0.4 is 0 Å². The molecule has 0 nitrogen and oxygen atoms in total. The highest BCUT2D eigenvalue weighted by Gasteiger charge is 2.14. The minimum atomic E-state index is 0.875. The van der Waals surface area contributed by atoms with Gasteiger partial charge >= 0.3 is 0 Å². The van der Waals surface area contributed by atoms with Gasteiger partial charge in [-0.25, -0.2) is 0 Å². The van der Waals surface area contributed by atoms with E-state index in [0.717, 1.165) is 18.4 Å². The van der Waals surface area contributed by atoms with Crippen molar-refractivity contribution in [2.75, 3.05) is 0 Å². The lowest BCUT2D eigenvalue weighted by atomic mass is 9.95. The van der Waals surface area contributed by atoms with Crippen LogP contribution in [0.15, 0.2) is 97.6 Å². The predicted molar refractivity (Wildman–Crippen MR) is 121 cm³/mol. The van der Waals surface area contributed by atoms with E-state index in [0.29, 0.717) is 0 Å². The smallest absolute Gasteiger partial charge is 0.00137 e. The summed E-state index contributed by atoms with van der Waals surface area (Å²) in [7, 11) is 0. The fourth-order valence-corrected chi connectivity index (χ4v) is 4.09. The molecule has 28 heavy (non-hydrogen) atoms. The van der Waals surface area contributed by atoms with Crippen molar-refractivity contribution in [3.63, 3.8) is 0 Å². The first kappa shape index (κ1) is 16.8. The van der Waals surface area contributed by atoms with Crippen LogP contribution in [0.1, 0.15) is 27.8 Å². The molecule has 0 fully saturated rings. The van der Waals surface area contributed by atoms with Crippen molar-refractivity contribution in [3.05, 3.63) is 125 Å². The van der Waals surface area contributed by atoms with Gasteiger partial charge in [-0.2, -0.15) is 0 Å². The van der Waals surface area contributed by atoms with E-state index in [2.05, 4.69) is 104 Å². The molecule has 4 aromatic carbocycles. The van der Waals surface area contributed by atoms with Gasteiger partial charge in [-0.1, -0.05) is 97.6 Å². The molecule has 0 aliphatic heterocycles. The highest BCUT2D eigenvalue weighted by molar-refractivity contribution is 5.89. The third-order valence-electron chi connectivity index (χ3n) is 5.64. The molecule has 0 atom stereocenters. The summed E-state index contributed by atoms with van der Waals surface area (Å²) in [6.07, 6.45) is 4.23. The van der Waals surface area contributed by atoms with E-state index in [1.54, 1.807) is 0 Å². The average molecular weight is 358 g/mol. The highest BCUT2D eigenvalue weighted by Crippen LogP contribution is 2.33. The number of allylic oxidation sites excluding steroid dienone is 2. The molecule has 0 spiro atoms. The van der Waals surface area contributed by atoms with Gasteiger partial charge in [-0.15, -0.1) is 0 Å². The van der Waals surface area contributed by atoms with Gasteiger partial charge in [0, 0.05) is 0 Å². The SMILES string of the molecule is C=C(Cc1ccc2c(c1)C=C(c1ccccc1)C2)c1ccc2ccccc2c1. The van der Waals surface area contributed by atoms with Crippen LogP contribution in [0, 0.1) is 0 Å². The summed E-state index contributed by atoms with van der Waals surface area (Å²) in [5, 5.41) is 2.54. The molecule has 0 amide bonds. The van der Waals surface area contributed by atoms with E-state index >= 15 is 0 Å². The summed E-state index contributed by atoms with van der Waals surface area (Å²) in [5.41, 5.74) is 9.20. The topological polar surface area (TPSA) is 0 Å². The van der Waals surface area contributed by atoms with Crippen LogP contribution in [0.5, 0.6) is 0 Å². The normalized spacial score (nSPS) is 12.6. The Bertz CT molecular complexity index is 1210. The first-order valence-electron chi connectivity index (χ1n) is 9.81. The van der Waals surface area contributed by atoms with Crippen LogP contribution in [0.3, 0.4) is 0 Å². The molecule has 0 aromatic heterocycles. The second-order valence-electron chi connectivity index (χ2n) is 7.59. The van der Waals surface area contributed by atoms with Crippen molar-refractivity contribution < 1.29 is 0 Å². The molecule has 134 valence electrons. The van der Waals surface area contributed by atoms with Crippen LogP contribution >= 0.6 is 0 Å². The van der Waals surface area contributed by atoms with Gasteiger partial charge in [0.15, 0.2) is 0 Å². The Kier molecular flexibility index (Phi) is 4.18. The Morgan fingerprint density at radius 3 is 2.39 bits per heavy atom. The Labute approximate surface area is 166 Å². The Morgan fingerprint density at radius 1 is 0.750 bits per heavy atom. The number of hydrogen-bond acceptors (Lipinski definition) is 0. The fraction of sp³-hybridized carbons (Fsp3) is 0.0714. The lowest BCUT2D eigenvalue weighted by Crippen LogP contribution is -1.92. The van der Waals surface area contributed by atoms with Crippen LogP contribution in [-0.2, 0) is 12.8 Å². The van der Waals surface area contributed by atoms with Crippen molar-refractivity contribution in [3.8, 4) is 0 Å². The second kappa shape index (κ2) is 6.98. The molecule has 0 radical (unpaired) electrons. The number of hydrogen-bond donors (Lipinski definition) is 0. The van der Waals surface area contributed by atoms with E-state index in [1.807, 2.05) is 0 Å². The molecule has 4 aromatic rings. The minimum absolute atomic E-state index is 0.875. The van der Waals surface area contributed by atoms with E-state index in [4.69, 9.17) is 0 Å². The average Bonchev–Trinajstić information content (AvgIpc) is 3.17. The van der Waals surface area contributed by atoms with Gasteiger partial charge in [0.1, 0.15) is 0 Å². The third kappa shape index (κ3) is 3.18. The summed E-state index contributed by atoms with van der Waals surface area (Å²) in [6.45, 7) is 4.37. The van der Waals surface area contributed by atoms with Gasteiger partial charge in [0.25, 0.3) is 0 Å². The zero-order valence-electron chi connectivity index (χ0n) is 15.9. The van der Waals surface area contributed by atoms with Crippen molar-refractivity contribution in [2.24, 2.45) is 0 Å². The summed E-state index contributed by atoms with van der Waals surface area (Å²) >= 11 is 0. The fourth-order valence-electron chi connectivity index (χ4n) is 4.09. The summed E-state index contributed by atoms with van der Waals surface area (Å²) in [4.78, 5) is 0. The lowest BCUT2D eigenvalue weighted by molar-refractivity contribution is 1.25. The molecule has 0 heteroatoms. The molecule has 0 unspecified atom stereocenters. The third-order valence-corrected chi connectivity index (χ3v) is 5.64. The lowest BCUT2D eigenvalue weighted by Gasteiger charge is -2.09. The van der Waals surface area contributed by atoms with Crippen LogP contribution in [0.25, 0.3) is 28.0 Å². The Balaban J connectivity index is 1.39. The van der Waals surface area contributed by atoms with Crippen molar-refractivity contribution in [1.29, 1.82) is 0 Å². The van der Waals surface area contributed by atoms with Crippen molar-refractivity contribution in [2.45, 2.75) is 12.8 Å². The maximum Gasteiger partial charge on any atom is -0.00137 e. The minimum Gasteiger partial charge on any atom is -0.0949 e. The Hall–Kier alpha value is -3.38. The molecule has 0 N–H and O–H groups in total. The monoisotopic (exact) mass is 358 g/mol. The zero-order valence-corrected chi connectivity index (χ0v) is 15.9. The van der Waals surface area contributed by atoms with E-state index in [9.17, 15) is 0 Å². The molecule has 0 saturated heterocycles. The van der Waals surface area contributed by atoms with Crippen molar-refractivity contribution in [1.82, 2.24) is 0 Å². The number of rotatable bonds is 4. The molecule has 0 bridgehead atoms. The molecular formula is C28H22. The van der Waals surface area contributed by atoms with Gasteiger partial charge in [0.2, 0.25) is 0 Å². The zero-order chi connectivity index (χ0) is 18.9. The standard InChI is InChI=1S/C28H22/c1-20(24-14-13-23-9-5-6-10-25(23)17-24)15-21-11-12-26-18-28(19-27(26)16-21)22-7-3-2-4-8-22/h2-14,16-17,19H,1,15,18H2. The van der Waals surface area contributed by atoms with Crippen LogP contribution in [0.2, 0.25) is 0 Å². The maximum atomic E-state index is 4.37. The molecule has 0 heterocycles. The quantitative estimate of drug-likeness (QED) is 0.362. The summed E-state index contributed by atoms with van der Waals surface area (Å²) in [6, 6.07) is 32.7. The Morgan fingerprint density at radius 2 is 1.54 bits per heavy atom. The number of benzene rings is 4. The molecular weight excluding hydrogens is 336 g/mol. The maximum absolute atomic E-state index is 4.37. The van der Waals surface area contributed by atoms with Gasteiger partial charge in [-0.05, 0) is 68.6 Å². The highest BCUT2D eigenvalue weighted by atomic mass is 14.2. The molecule has 5 rings (SSSR count). The summed E-state index contributed by atoms with van der Waals surface area (Å²) in [5.74, 6) is 0. The van der Waals surface area contributed by atoms with Gasteiger partial charge < -0.3 is 0 Å². The van der Waals surface area contributed by atoms with E-state index < -0.39 is 0 Å². The largest absolute Gasteiger partial charge is 0.0949 e.